The Kier molecular flexibility index (Phi) is 7.65. The van der Waals surface area contributed by atoms with Gasteiger partial charge in [-0.1, -0.05) is 23.7 Å². The second-order valence-corrected chi connectivity index (χ2v) is 8.48. The van der Waals surface area contributed by atoms with E-state index in [9.17, 15) is 14.4 Å². The Morgan fingerprint density at radius 2 is 1.90 bits per heavy atom. The van der Waals surface area contributed by atoms with Gasteiger partial charge in [0.15, 0.2) is 0 Å². The smallest absolute Gasteiger partial charge is 0.262 e. The van der Waals surface area contributed by atoms with Crippen molar-refractivity contribution in [1.29, 1.82) is 0 Å². The summed E-state index contributed by atoms with van der Waals surface area (Å²) >= 11 is 7.23. The van der Waals surface area contributed by atoms with E-state index in [1.54, 1.807) is 47.4 Å². The number of rotatable bonds is 7. The van der Waals surface area contributed by atoms with Crippen LogP contribution in [0.15, 0.2) is 54.4 Å². The zero-order chi connectivity index (χ0) is 21.5. The van der Waals surface area contributed by atoms with Crippen molar-refractivity contribution in [3.05, 3.63) is 69.9 Å². The lowest BCUT2D eigenvalue weighted by Gasteiger charge is -2.35. The molecule has 0 aliphatic carbocycles. The summed E-state index contributed by atoms with van der Waals surface area (Å²) in [6.45, 7) is 4.99. The molecular weight excluding hydrogens is 422 g/mol. The Hall–Kier alpha value is -2.64. The number of likely N-dealkylation sites (tertiary alicyclic amines) is 1. The highest BCUT2D eigenvalue weighted by Crippen LogP contribution is 2.23. The fourth-order valence-electron chi connectivity index (χ4n) is 3.51. The second-order valence-electron chi connectivity index (χ2n) is 7.10. The molecule has 2 heterocycles. The first-order valence-corrected chi connectivity index (χ1v) is 11.0. The summed E-state index contributed by atoms with van der Waals surface area (Å²) in [4.78, 5) is 40.3. The molecule has 0 saturated carbocycles. The highest BCUT2D eigenvalue weighted by atomic mass is 35.5. The van der Waals surface area contributed by atoms with Crippen molar-refractivity contribution in [2.45, 2.75) is 18.9 Å². The number of nitrogens with zero attached hydrogens (tertiary/aromatic N) is 1. The highest BCUT2D eigenvalue weighted by molar-refractivity contribution is 7.12. The first-order valence-electron chi connectivity index (χ1n) is 9.77. The molecule has 1 fully saturated rings. The van der Waals surface area contributed by atoms with E-state index in [1.165, 1.54) is 11.3 Å². The molecule has 0 bridgehead atoms. The maximum absolute atomic E-state index is 12.7. The number of thiophene rings is 1. The van der Waals surface area contributed by atoms with Crippen LogP contribution in [-0.4, -0.2) is 48.3 Å². The summed E-state index contributed by atoms with van der Waals surface area (Å²) < 4.78 is 0. The van der Waals surface area contributed by atoms with Gasteiger partial charge in [0.2, 0.25) is 5.91 Å². The molecule has 1 aromatic carbocycles. The van der Waals surface area contributed by atoms with Crippen LogP contribution in [-0.2, 0) is 4.79 Å². The quantitative estimate of drug-likeness (QED) is 0.641. The fraction of sp³-hybridized carbons (Fsp3) is 0.318. The van der Waals surface area contributed by atoms with E-state index in [1.807, 2.05) is 5.38 Å². The molecule has 0 radical (unpaired) electrons. The number of carbonyl (C=O) groups is 3. The van der Waals surface area contributed by atoms with E-state index in [0.29, 0.717) is 47.9 Å². The Bertz CT molecular complexity index is 891. The van der Waals surface area contributed by atoms with Crippen LogP contribution in [0, 0.1) is 5.92 Å². The van der Waals surface area contributed by atoms with Crippen LogP contribution in [0.4, 0.5) is 0 Å². The molecule has 3 amide bonds. The van der Waals surface area contributed by atoms with Crippen LogP contribution in [0.5, 0.6) is 0 Å². The maximum Gasteiger partial charge on any atom is 0.262 e. The molecule has 1 saturated heterocycles. The van der Waals surface area contributed by atoms with Crippen molar-refractivity contribution in [1.82, 2.24) is 15.5 Å². The van der Waals surface area contributed by atoms with Gasteiger partial charge in [-0.15, -0.1) is 17.9 Å². The third-order valence-electron chi connectivity index (χ3n) is 5.12. The minimum atomic E-state index is -0.660. The van der Waals surface area contributed by atoms with Gasteiger partial charge in [-0.25, -0.2) is 0 Å². The van der Waals surface area contributed by atoms with E-state index >= 15 is 0 Å². The molecule has 0 spiro atoms. The van der Waals surface area contributed by atoms with Gasteiger partial charge < -0.3 is 15.5 Å². The van der Waals surface area contributed by atoms with Gasteiger partial charge >= 0.3 is 0 Å². The predicted octanol–water partition coefficient (Wildman–Crippen LogP) is 3.35. The zero-order valence-electron chi connectivity index (χ0n) is 16.5. The van der Waals surface area contributed by atoms with Crippen LogP contribution in [0.2, 0.25) is 5.02 Å². The van der Waals surface area contributed by atoms with Crippen LogP contribution in [0.1, 0.15) is 32.9 Å². The molecule has 1 aromatic heterocycles. The monoisotopic (exact) mass is 445 g/mol. The van der Waals surface area contributed by atoms with Gasteiger partial charge in [-0.3, -0.25) is 14.4 Å². The first kappa shape index (κ1) is 22.1. The molecule has 8 heteroatoms. The first-order chi connectivity index (χ1) is 14.5. The Morgan fingerprint density at radius 1 is 1.20 bits per heavy atom. The van der Waals surface area contributed by atoms with Gasteiger partial charge in [-0.05, 0) is 54.5 Å². The van der Waals surface area contributed by atoms with Crippen molar-refractivity contribution in [2.75, 3.05) is 19.6 Å². The summed E-state index contributed by atoms with van der Waals surface area (Å²) in [7, 11) is 0. The number of amides is 3. The minimum absolute atomic E-state index is 0.0552. The molecule has 30 heavy (non-hydrogen) atoms. The molecule has 3 rings (SSSR count). The number of piperidine rings is 1. The summed E-state index contributed by atoms with van der Waals surface area (Å²) in [5.41, 5.74) is 0.587. The Labute approximate surface area is 184 Å². The fourth-order valence-corrected chi connectivity index (χ4v) is 4.26. The lowest BCUT2D eigenvalue weighted by atomic mass is 9.88. The number of hydrogen-bond donors (Lipinski definition) is 2. The van der Waals surface area contributed by atoms with Gasteiger partial charge in [-0.2, -0.15) is 0 Å². The number of nitrogens with one attached hydrogen (secondary N) is 2. The standard InChI is InChI=1S/C22H24ClN3O3S/c1-2-11-24-21(28)19(25-20(27)18-4-3-14-30-18)15-9-12-26(13-10-15)22(29)16-5-7-17(23)8-6-16/h2-8,14-15,19H,1,9-13H2,(H,24,28)(H,25,27). The van der Waals surface area contributed by atoms with E-state index in [-0.39, 0.29) is 23.6 Å². The lowest BCUT2D eigenvalue weighted by Crippen LogP contribution is -2.53. The van der Waals surface area contributed by atoms with Crippen molar-refractivity contribution >= 4 is 40.7 Å². The largest absolute Gasteiger partial charge is 0.351 e. The normalized spacial score (nSPS) is 15.3. The molecule has 1 unspecified atom stereocenters. The van der Waals surface area contributed by atoms with Crippen LogP contribution >= 0.6 is 22.9 Å². The molecule has 2 N–H and O–H groups in total. The van der Waals surface area contributed by atoms with Crippen molar-refractivity contribution in [3.63, 3.8) is 0 Å². The second kappa shape index (κ2) is 10.4. The van der Waals surface area contributed by atoms with Gasteiger partial charge in [0, 0.05) is 30.2 Å². The number of halogens is 1. The Morgan fingerprint density at radius 3 is 2.50 bits per heavy atom. The summed E-state index contributed by atoms with van der Waals surface area (Å²) in [6.07, 6.45) is 2.84. The zero-order valence-corrected chi connectivity index (χ0v) is 18.0. The van der Waals surface area contributed by atoms with Gasteiger partial charge in [0.1, 0.15) is 6.04 Å². The Balaban J connectivity index is 1.65. The summed E-state index contributed by atoms with van der Waals surface area (Å²) in [5.74, 6) is -0.612. The summed E-state index contributed by atoms with van der Waals surface area (Å²) in [6, 6.07) is 9.68. The lowest BCUT2D eigenvalue weighted by molar-refractivity contribution is -0.124. The molecule has 1 atom stereocenters. The van der Waals surface area contributed by atoms with Crippen LogP contribution in [0.3, 0.4) is 0 Å². The molecule has 1 aliphatic heterocycles. The van der Waals surface area contributed by atoms with Crippen LogP contribution < -0.4 is 10.6 Å². The van der Waals surface area contributed by atoms with E-state index in [2.05, 4.69) is 17.2 Å². The molecule has 1 aliphatic rings. The van der Waals surface area contributed by atoms with Crippen molar-refractivity contribution < 1.29 is 14.4 Å². The molecule has 6 nitrogen and oxygen atoms in total. The molecule has 158 valence electrons. The summed E-state index contributed by atoms with van der Waals surface area (Å²) in [5, 5.41) is 8.08. The van der Waals surface area contributed by atoms with E-state index in [0.717, 1.165) is 0 Å². The maximum atomic E-state index is 12.7. The molecule has 2 aromatic rings. The van der Waals surface area contributed by atoms with Crippen LogP contribution in [0.25, 0.3) is 0 Å². The van der Waals surface area contributed by atoms with Crippen molar-refractivity contribution in [2.24, 2.45) is 5.92 Å². The van der Waals surface area contributed by atoms with E-state index in [4.69, 9.17) is 11.6 Å². The third kappa shape index (κ3) is 5.49. The predicted molar refractivity (Wildman–Crippen MR) is 119 cm³/mol. The van der Waals surface area contributed by atoms with Gasteiger partial charge in [0.05, 0.1) is 4.88 Å². The SMILES string of the molecule is C=CCNC(=O)C(NC(=O)c1cccs1)C1CCN(C(=O)c2ccc(Cl)cc2)CC1. The molecular formula is C22H24ClN3O3S. The number of carbonyl (C=O) groups excluding carboxylic acids is 3. The number of hydrogen-bond acceptors (Lipinski definition) is 4. The highest BCUT2D eigenvalue weighted by Gasteiger charge is 2.34. The topological polar surface area (TPSA) is 78.5 Å². The van der Waals surface area contributed by atoms with E-state index < -0.39 is 6.04 Å². The third-order valence-corrected chi connectivity index (χ3v) is 6.24. The van der Waals surface area contributed by atoms with Crippen molar-refractivity contribution in [3.8, 4) is 0 Å². The number of benzene rings is 1. The average molecular weight is 446 g/mol. The average Bonchev–Trinajstić information content (AvgIpc) is 3.31. The minimum Gasteiger partial charge on any atom is -0.351 e. The van der Waals surface area contributed by atoms with Gasteiger partial charge in [0.25, 0.3) is 11.8 Å².